The van der Waals surface area contributed by atoms with Crippen LogP contribution in [0.15, 0.2) is 70.3 Å². The van der Waals surface area contributed by atoms with Crippen molar-refractivity contribution in [3.05, 3.63) is 70.9 Å². The Labute approximate surface area is 237 Å². The molecule has 0 aliphatic carbocycles. The van der Waals surface area contributed by atoms with Gasteiger partial charge in [0.1, 0.15) is 12.7 Å². The fourth-order valence-corrected chi connectivity index (χ4v) is 5.21. The fourth-order valence-electron chi connectivity index (χ4n) is 3.57. The number of benzene rings is 2. The van der Waals surface area contributed by atoms with E-state index in [1.165, 1.54) is 30.6 Å². The van der Waals surface area contributed by atoms with E-state index in [2.05, 4.69) is 14.7 Å². The summed E-state index contributed by atoms with van der Waals surface area (Å²) in [6, 6.07) is 15.1. The Bertz CT molecular complexity index is 1540. The maximum atomic E-state index is 13.5. The molecule has 2 aromatic carbocycles. The maximum Gasteiger partial charge on any atom is 0.263 e. The summed E-state index contributed by atoms with van der Waals surface area (Å²) in [5, 5.41) is 22.8. The lowest BCUT2D eigenvalue weighted by Gasteiger charge is -2.20. The van der Waals surface area contributed by atoms with Crippen LogP contribution < -0.4 is 18.9 Å². The summed E-state index contributed by atoms with van der Waals surface area (Å²) in [6.07, 6.45) is -1.21. The molecule has 0 saturated heterocycles. The number of aliphatic hydroxyl groups excluding tert-OH is 2. The van der Waals surface area contributed by atoms with Crippen molar-refractivity contribution < 1.29 is 32.8 Å². The number of nitrogens with zero attached hydrogens (tertiary/aromatic N) is 2. The minimum Gasteiger partial charge on any atom is -0.493 e. The lowest BCUT2D eigenvalue weighted by molar-refractivity contribution is 0.0513. The van der Waals surface area contributed by atoms with E-state index in [0.29, 0.717) is 11.3 Å². The second-order valence-corrected chi connectivity index (χ2v) is 12.3. The Kier molecular flexibility index (Phi) is 8.94. The molecule has 0 spiro atoms. The van der Waals surface area contributed by atoms with Crippen LogP contribution in [0.3, 0.4) is 0 Å². The van der Waals surface area contributed by atoms with Gasteiger partial charge < -0.3 is 24.4 Å². The second-order valence-electron chi connectivity index (χ2n) is 9.82. The van der Waals surface area contributed by atoms with Crippen molar-refractivity contribution in [1.29, 1.82) is 0 Å². The van der Waals surface area contributed by atoms with Gasteiger partial charge in [-0.1, -0.05) is 45.0 Å². The molecule has 0 unspecified atom stereocenters. The van der Waals surface area contributed by atoms with Gasteiger partial charge >= 0.3 is 0 Å². The van der Waals surface area contributed by atoms with Crippen molar-refractivity contribution in [2.24, 2.45) is 0 Å². The molecular formula is C28H31N3O7S2. The van der Waals surface area contributed by atoms with E-state index in [0.717, 1.165) is 5.56 Å². The van der Waals surface area contributed by atoms with Crippen molar-refractivity contribution in [3.63, 3.8) is 0 Å². The molecule has 0 amide bonds. The highest BCUT2D eigenvalue weighted by atomic mass is 32.2. The van der Waals surface area contributed by atoms with Gasteiger partial charge in [-0.25, -0.2) is 13.4 Å². The first-order valence-corrected chi connectivity index (χ1v) is 14.7. The van der Waals surface area contributed by atoms with E-state index in [-0.39, 0.29) is 45.9 Å². The third-order valence-electron chi connectivity index (χ3n) is 5.78. The summed E-state index contributed by atoms with van der Waals surface area (Å²) >= 11 is 1.41. The SMILES string of the molecule is COc1ccccc1Oc1c(NS(=O)(=O)c2ccc(C(C)(C)C)cc2)nc(-c2ccsc2)nc1OC[C@@H](O)CO. The molecule has 0 bridgehead atoms. The molecule has 40 heavy (non-hydrogen) atoms. The van der Waals surface area contributed by atoms with E-state index >= 15 is 0 Å². The van der Waals surface area contributed by atoms with E-state index in [1.54, 1.807) is 47.8 Å². The van der Waals surface area contributed by atoms with Crippen LogP contribution >= 0.6 is 11.3 Å². The quantitative estimate of drug-likeness (QED) is 0.226. The minimum atomic E-state index is -4.14. The summed E-state index contributed by atoms with van der Waals surface area (Å²) in [6.45, 7) is 5.24. The molecule has 0 radical (unpaired) electrons. The first-order chi connectivity index (χ1) is 19.0. The molecule has 0 aliphatic heterocycles. The van der Waals surface area contributed by atoms with E-state index in [9.17, 15) is 18.6 Å². The normalized spacial score (nSPS) is 12.6. The number of nitrogens with one attached hydrogen (secondary N) is 1. The van der Waals surface area contributed by atoms with Crippen LogP contribution in [0.1, 0.15) is 26.3 Å². The number of anilines is 1. The third kappa shape index (κ3) is 6.89. The number of sulfonamides is 1. The predicted octanol–water partition coefficient (Wildman–Crippen LogP) is 4.84. The van der Waals surface area contributed by atoms with Crippen molar-refractivity contribution in [3.8, 4) is 34.5 Å². The molecule has 0 saturated carbocycles. The van der Waals surface area contributed by atoms with Crippen LogP contribution in [0.2, 0.25) is 0 Å². The number of ether oxygens (including phenoxy) is 3. The number of hydrogen-bond acceptors (Lipinski definition) is 10. The largest absolute Gasteiger partial charge is 0.493 e. The molecule has 10 nitrogen and oxygen atoms in total. The highest BCUT2D eigenvalue weighted by Crippen LogP contribution is 2.42. The average molecular weight is 586 g/mol. The molecule has 2 aromatic heterocycles. The fraction of sp³-hybridized carbons (Fsp3) is 0.286. The zero-order valence-corrected chi connectivity index (χ0v) is 24.1. The van der Waals surface area contributed by atoms with E-state index < -0.39 is 22.7 Å². The molecule has 12 heteroatoms. The highest BCUT2D eigenvalue weighted by molar-refractivity contribution is 7.92. The molecule has 2 heterocycles. The van der Waals surface area contributed by atoms with Gasteiger partial charge in [-0.2, -0.15) is 16.3 Å². The average Bonchev–Trinajstić information content (AvgIpc) is 3.48. The lowest BCUT2D eigenvalue weighted by atomic mass is 9.87. The van der Waals surface area contributed by atoms with Crippen molar-refractivity contribution in [2.75, 3.05) is 25.0 Å². The van der Waals surface area contributed by atoms with Gasteiger partial charge in [-0.3, -0.25) is 4.72 Å². The Morgan fingerprint density at radius 2 is 1.73 bits per heavy atom. The Balaban J connectivity index is 1.84. The van der Waals surface area contributed by atoms with Gasteiger partial charge in [-0.15, -0.1) is 0 Å². The zero-order valence-electron chi connectivity index (χ0n) is 22.5. The van der Waals surface area contributed by atoms with Crippen molar-refractivity contribution in [1.82, 2.24) is 9.97 Å². The standard InChI is InChI=1S/C28H31N3O7S2/c1-28(2,3)19-9-11-21(12-10-19)40(34,35)31-26-24(38-23-8-6-5-7-22(23)36-4)27(37-16-20(33)15-32)30-25(29-26)18-13-14-39-17-18/h5-14,17,20,32-33H,15-16H2,1-4H3,(H,29,30,31)/t20-/m0/s1. The van der Waals surface area contributed by atoms with Gasteiger partial charge in [0.25, 0.3) is 15.9 Å². The predicted molar refractivity (Wildman–Crippen MR) is 153 cm³/mol. The summed E-state index contributed by atoms with van der Waals surface area (Å²) in [5.41, 5.74) is 1.45. The Hall–Kier alpha value is -3.71. The van der Waals surface area contributed by atoms with Crippen molar-refractivity contribution >= 4 is 27.2 Å². The molecule has 4 rings (SSSR count). The molecule has 4 aromatic rings. The number of aliphatic hydroxyl groups is 2. The molecule has 3 N–H and O–H groups in total. The van der Waals surface area contributed by atoms with E-state index in [4.69, 9.17) is 14.2 Å². The number of methoxy groups -OCH3 is 1. The summed E-state index contributed by atoms with van der Waals surface area (Å²) < 4.78 is 46.8. The van der Waals surface area contributed by atoms with Gasteiger partial charge in [0.2, 0.25) is 5.75 Å². The van der Waals surface area contributed by atoms with Crippen molar-refractivity contribution in [2.45, 2.75) is 37.2 Å². The molecule has 0 fully saturated rings. The first kappa shape index (κ1) is 29.3. The number of hydrogen-bond donors (Lipinski definition) is 3. The van der Waals surface area contributed by atoms with Crippen LogP contribution in [0, 0.1) is 0 Å². The molecular weight excluding hydrogens is 554 g/mol. The molecule has 1 atom stereocenters. The van der Waals surface area contributed by atoms with Gasteiger partial charge in [-0.05, 0) is 46.7 Å². The minimum absolute atomic E-state index is 0.0256. The second kappa shape index (κ2) is 12.2. The number of aromatic nitrogens is 2. The summed E-state index contributed by atoms with van der Waals surface area (Å²) in [7, 11) is -2.67. The first-order valence-electron chi connectivity index (χ1n) is 12.3. The van der Waals surface area contributed by atoms with Crippen LogP contribution in [0.25, 0.3) is 11.4 Å². The smallest absolute Gasteiger partial charge is 0.263 e. The molecule has 212 valence electrons. The topological polar surface area (TPSA) is 140 Å². The summed E-state index contributed by atoms with van der Waals surface area (Å²) in [5.74, 6) is 0.314. The monoisotopic (exact) mass is 585 g/mol. The van der Waals surface area contributed by atoms with Crippen LogP contribution in [0.4, 0.5) is 5.82 Å². The van der Waals surface area contributed by atoms with Gasteiger partial charge in [0.15, 0.2) is 23.1 Å². The number of thiophene rings is 1. The number of para-hydroxylation sites is 2. The molecule has 0 aliphatic rings. The van der Waals surface area contributed by atoms with Gasteiger partial charge in [0, 0.05) is 10.9 Å². The third-order valence-corrected chi connectivity index (χ3v) is 7.82. The Morgan fingerprint density at radius 1 is 1.02 bits per heavy atom. The van der Waals surface area contributed by atoms with E-state index in [1.807, 2.05) is 26.2 Å². The van der Waals surface area contributed by atoms with Gasteiger partial charge in [0.05, 0.1) is 18.6 Å². The highest BCUT2D eigenvalue weighted by Gasteiger charge is 2.26. The Morgan fingerprint density at radius 3 is 2.33 bits per heavy atom. The lowest BCUT2D eigenvalue weighted by Crippen LogP contribution is -2.22. The van der Waals surface area contributed by atoms with Crippen LogP contribution in [0.5, 0.6) is 23.1 Å². The summed E-state index contributed by atoms with van der Waals surface area (Å²) in [4.78, 5) is 8.97. The number of rotatable bonds is 11. The maximum absolute atomic E-state index is 13.5. The van der Waals surface area contributed by atoms with Crippen LogP contribution in [-0.4, -0.2) is 55.0 Å². The zero-order chi connectivity index (χ0) is 28.9. The van der Waals surface area contributed by atoms with Crippen LogP contribution in [-0.2, 0) is 15.4 Å².